The minimum Gasteiger partial charge on any atom is -0.461 e. The largest absolute Gasteiger partial charge is 0.461 e. The van der Waals surface area contributed by atoms with E-state index >= 15 is 0 Å². The normalized spacial score (nSPS) is 11.4. The Morgan fingerprint density at radius 3 is 2.67 bits per heavy atom. The molecule has 0 aliphatic heterocycles. The van der Waals surface area contributed by atoms with Crippen molar-refractivity contribution < 1.29 is 8.94 Å². The summed E-state index contributed by atoms with van der Waals surface area (Å²) in [5.41, 5.74) is 3.07. The Balaban J connectivity index is 0.00000261. The van der Waals surface area contributed by atoms with Crippen LogP contribution in [-0.4, -0.2) is 24.7 Å². The summed E-state index contributed by atoms with van der Waals surface area (Å²) >= 11 is 0. The predicted molar refractivity (Wildman–Crippen MR) is 119 cm³/mol. The Morgan fingerprint density at radius 1 is 1.15 bits per heavy atom. The minimum atomic E-state index is 0. The van der Waals surface area contributed by atoms with Gasteiger partial charge in [0, 0.05) is 43.9 Å². The number of hydrogen-bond donors (Lipinski definition) is 2. The fraction of sp³-hybridized carbons (Fsp3) is 0.400. The highest BCUT2D eigenvalue weighted by Gasteiger charge is 2.13. The molecule has 3 rings (SSSR count). The fourth-order valence-electron chi connectivity index (χ4n) is 2.99. The van der Waals surface area contributed by atoms with E-state index in [1.165, 1.54) is 0 Å². The summed E-state index contributed by atoms with van der Waals surface area (Å²) in [7, 11) is 1.77. The molecule has 0 aliphatic rings. The number of furan rings is 1. The van der Waals surface area contributed by atoms with Crippen molar-refractivity contribution in [3.8, 4) is 0 Å². The highest BCUT2D eigenvalue weighted by atomic mass is 127. The molecule has 0 radical (unpaired) electrons. The summed E-state index contributed by atoms with van der Waals surface area (Å²) in [5.74, 6) is 2.66. The lowest BCUT2D eigenvalue weighted by Gasteiger charge is -2.11. The van der Waals surface area contributed by atoms with Crippen LogP contribution in [0.5, 0.6) is 0 Å². The second kappa shape index (κ2) is 10.3. The maximum atomic E-state index is 5.84. The van der Waals surface area contributed by atoms with Gasteiger partial charge in [0.1, 0.15) is 17.1 Å². The molecular weight excluding hydrogens is 455 g/mol. The van der Waals surface area contributed by atoms with Crippen LogP contribution in [0.2, 0.25) is 0 Å². The molecule has 0 atom stereocenters. The molecule has 2 N–H and O–H groups in total. The molecule has 7 heteroatoms. The predicted octanol–water partition coefficient (Wildman–Crippen LogP) is 4.07. The third kappa shape index (κ3) is 5.24. The number of aliphatic imine (C=N–C) groups is 1. The van der Waals surface area contributed by atoms with Crippen molar-refractivity contribution in [2.24, 2.45) is 4.99 Å². The van der Waals surface area contributed by atoms with E-state index in [9.17, 15) is 0 Å². The smallest absolute Gasteiger partial charge is 0.191 e. The number of hydrogen-bond acceptors (Lipinski definition) is 4. The van der Waals surface area contributed by atoms with Crippen molar-refractivity contribution in [1.29, 1.82) is 0 Å². The van der Waals surface area contributed by atoms with Gasteiger partial charge in [-0.1, -0.05) is 37.2 Å². The van der Waals surface area contributed by atoms with Crippen LogP contribution in [-0.2, 0) is 25.8 Å². The second-order valence-electron chi connectivity index (χ2n) is 6.09. The molecule has 27 heavy (non-hydrogen) atoms. The van der Waals surface area contributed by atoms with Crippen LogP contribution in [0.25, 0.3) is 11.0 Å². The number of aromatic nitrogens is 1. The Morgan fingerprint density at radius 2 is 1.96 bits per heavy atom. The van der Waals surface area contributed by atoms with Gasteiger partial charge < -0.3 is 19.6 Å². The fourth-order valence-corrected chi connectivity index (χ4v) is 2.99. The van der Waals surface area contributed by atoms with Crippen LogP contribution >= 0.6 is 24.0 Å². The number of guanidine groups is 1. The standard InChI is InChI=1S/C20H26N4O2.HI/c1-4-17-16(18(5-2)26-24-17)13-23-20(21-3)22-11-10-15-12-14-8-6-7-9-19(14)25-15;/h6-9,12H,4-5,10-11,13H2,1-3H3,(H2,21,22,23);1H. The molecule has 0 saturated heterocycles. The molecule has 1 aromatic carbocycles. The SMILES string of the molecule is CCc1noc(CC)c1CNC(=NC)NCCc1cc2ccccc2o1.I. The van der Waals surface area contributed by atoms with Crippen LogP contribution in [0.1, 0.15) is 36.6 Å². The van der Waals surface area contributed by atoms with E-state index < -0.39 is 0 Å². The molecule has 2 aromatic heterocycles. The van der Waals surface area contributed by atoms with Gasteiger partial charge in [-0.2, -0.15) is 0 Å². The number of rotatable bonds is 7. The zero-order chi connectivity index (χ0) is 18.4. The van der Waals surface area contributed by atoms with E-state index in [2.05, 4.69) is 46.8 Å². The quantitative estimate of drug-likeness (QED) is 0.302. The van der Waals surface area contributed by atoms with E-state index in [0.717, 1.165) is 65.5 Å². The Bertz CT molecular complexity index is 831. The number of fused-ring (bicyclic) bond motifs is 1. The Kier molecular flexibility index (Phi) is 8.15. The number of halogens is 1. The summed E-state index contributed by atoms with van der Waals surface area (Å²) in [6.07, 6.45) is 2.49. The van der Waals surface area contributed by atoms with Crippen molar-refractivity contribution >= 4 is 40.9 Å². The average Bonchev–Trinajstić information content (AvgIpc) is 3.27. The number of para-hydroxylation sites is 1. The third-order valence-electron chi connectivity index (χ3n) is 4.40. The van der Waals surface area contributed by atoms with E-state index in [0.29, 0.717) is 6.54 Å². The molecule has 0 spiro atoms. The first kappa shape index (κ1) is 21.3. The maximum absolute atomic E-state index is 5.84. The van der Waals surface area contributed by atoms with Crippen molar-refractivity contribution in [3.63, 3.8) is 0 Å². The zero-order valence-electron chi connectivity index (χ0n) is 16.0. The molecule has 0 amide bonds. The summed E-state index contributed by atoms with van der Waals surface area (Å²) in [5, 5.41) is 11.9. The Labute approximate surface area is 176 Å². The number of nitrogens with zero attached hydrogens (tertiary/aromatic N) is 2. The molecule has 0 aliphatic carbocycles. The maximum Gasteiger partial charge on any atom is 0.191 e. The first-order chi connectivity index (χ1) is 12.7. The van der Waals surface area contributed by atoms with Gasteiger partial charge in [0.15, 0.2) is 5.96 Å². The first-order valence-electron chi connectivity index (χ1n) is 9.13. The molecule has 2 heterocycles. The van der Waals surface area contributed by atoms with Gasteiger partial charge >= 0.3 is 0 Å². The van der Waals surface area contributed by atoms with Gasteiger partial charge in [-0.05, 0) is 18.6 Å². The second-order valence-corrected chi connectivity index (χ2v) is 6.09. The van der Waals surface area contributed by atoms with Crippen LogP contribution in [0, 0.1) is 0 Å². The molecule has 6 nitrogen and oxygen atoms in total. The topological polar surface area (TPSA) is 75.6 Å². The minimum absolute atomic E-state index is 0. The van der Waals surface area contributed by atoms with Crippen LogP contribution in [0.4, 0.5) is 0 Å². The van der Waals surface area contributed by atoms with Crippen molar-refractivity contribution in [2.75, 3.05) is 13.6 Å². The number of nitrogens with one attached hydrogen (secondary N) is 2. The molecule has 0 bridgehead atoms. The summed E-state index contributed by atoms with van der Waals surface area (Å²) < 4.78 is 11.2. The summed E-state index contributed by atoms with van der Waals surface area (Å²) in [4.78, 5) is 4.29. The van der Waals surface area contributed by atoms with Gasteiger partial charge in [-0.3, -0.25) is 4.99 Å². The van der Waals surface area contributed by atoms with Gasteiger partial charge in [-0.25, -0.2) is 0 Å². The number of aryl methyl sites for hydroxylation is 2. The van der Waals surface area contributed by atoms with E-state index in [-0.39, 0.29) is 24.0 Å². The Hall–Kier alpha value is -2.03. The third-order valence-corrected chi connectivity index (χ3v) is 4.40. The lowest BCUT2D eigenvalue weighted by molar-refractivity contribution is 0.380. The highest BCUT2D eigenvalue weighted by Crippen LogP contribution is 2.19. The van der Waals surface area contributed by atoms with Crippen LogP contribution in [0.3, 0.4) is 0 Å². The summed E-state index contributed by atoms with van der Waals surface area (Å²) in [6.45, 7) is 5.55. The highest BCUT2D eigenvalue weighted by molar-refractivity contribution is 14.0. The van der Waals surface area contributed by atoms with Gasteiger partial charge in [0.2, 0.25) is 0 Å². The molecular formula is C20H27IN4O2. The van der Waals surface area contributed by atoms with Gasteiger partial charge in [0.05, 0.1) is 5.69 Å². The summed E-state index contributed by atoms with van der Waals surface area (Å²) in [6, 6.07) is 10.1. The van der Waals surface area contributed by atoms with Crippen LogP contribution < -0.4 is 10.6 Å². The van der Waals surface area contributed by atoms with Crippen molar-refractivity contribution in [1.82, 2.24) is 15.8 Å². The lowest BCUT2D eigenvalue weighted by Crippen LogP contribution is -2.38. The number of benzene rings is 1. The van der Waals surface area contributed by atoms with E-state index in [4.69, 9.17) is 8.94 Å². The first-order valence-corrected chi connectivity index (χ1v) is 9.13. The van der Waals surface area contributed by atoms with E-state index in [1.807, 2.05) is 18.2 Å². The average molecular weight is 482 g/mol. The lowest BCUT2D eigenvalue weighted by atomic mass is 10.1. The van der Waals surface area contributed by atoms with Crippen molar-refractivity contribution in [2.45, 2.75) is 39.7 Å². The van der Waals surface area contributed by atoms with Crippen molar-refractivity contribution in [3.05, 3.63) is 53.1 Å². The molecule has 0 unspecified atom stereocenters. The van der Waals surface area contributed by atoms with Crippen LogP contribution in [0.15, 0.2) is 44.3 Å². The molecule has 146 valence electrons. The molecule has 3 aromatic rings. The van der Waals surface area contributed by atoms with Gasteiger partial charge in [-0.15, -0.1) is 24.0 Å². The zero-order valence-corrected chi connectivity index (χ0v) is 18.4. The molecule has 0 saturated carbocycles. The van der Waals surface area contributed by atoms with E-state index in [1.54, 1.807) is 7.05 Å². The monoisotopic (exact) mass is 482 g/mol. The molecule has 0 fully saturated rings. The van der Waals surface area contributed by atoms with Gasteiger partial charge in [0.25, 0.3) is 0 Å².